The van der Waals surface area contributed by atoms with Crippen molar-refractivity contribution in [2.75, 3.05) is 11.9 Å². The van der Waals surface area contributed by atoms with Gasteiger partial charge in [0.1, 0.15) is 11.9 Å². The van der Waals surface area contributed by atoms with Crippen LogP contribution >= 0.6 is 0 Å². The molecule has 0 unspecified atom stereocenters. The first-order valence-corrected chi connectivity index (χ1v) is 9.11. The summed E-state index contributed by atoms with van der Waals surface area (Å²) in [6, 6.07) is 16.9. The van der Waals surface area contributed by atoms with E-state index in [0.717, 1.165) is 18.7 Å². The van der Waals surface area contributed by atoms with Crippen molar-refractivity contribution in [1.29, 1.82) is 0 Å². The fourth-order valence-corrected chi connectivity index (χ4v) is 2.89. The van der Waals surface area contributed by atoms with E-state index in [0.29, 0.717) is 11.8 Å². The number of nitrogens with one attached hydrogen (secondary N) is 1. The molecule has 1 N–H and O–H groups in total. The number of rotatable bonds is 8. The van der Waals surface area contributed by atoms with Crippen molar-refractivity contribution in [3.8, 4) is 5.75 Å². The second kappa shape index (κ2) is 8.77. The summed E-state index contributed by atoms with van der Waals surface area (Å²) < 4.78 is 6.23. The molecule has 0 saturated carbocycles. The fraction of sp³-hybridized carbons (Fsp3) is 0.455. The van der Waals surface area contributed by atoms with E-state index in [1.807, 2.05) is 0 Å². The van der Waals surface area contributed by atoms with Gasteiger partial charge in [0, 0.05) is 5.69 Å². The van der Waals surface area contributed by atoms with Gasteiger partial charge in [0.05, 0.1) is 6.54 Å². The third-order valence-corrected chi connectivity index (χ3v) is 4.55. The third kappa shape index (κ3) is 4.77. The number of hydrogen-bond donors (Lipinski definition) is 1. The molecule has 0 aliphatic carbocycles. The second-order valence-corrected chi connectivity index (χ2v) is 6.90. The molecule has 0 spiro atoms. The molecule has 2 rings (SSSR count). The molecule has 0 bridgehead atoms. The van der Waals surface area contributed by atoms with Gasteiger partial charge in [0.2, 0.25) is 0 Å². The molecule has 0 heterocycles. The molecule has 2 nitrogen and oxygen atoms in total. The van der Waals surface area contributed by atoms with Crippen LogP contribution in [-0.4, -0.2) is 12.6 Å². The zero-order valence-electron chi connectivity index (χ0n) is 15.7. The Bertz CT molecular complexity index is 635. The summed E-state index contributed by atoms with van der Waals surface area (Å²) in [6.45, 7) is 11.8. The second-order valence-electron chi connectivity index (χ2n) is 6.90. The van der Waals surface area contributed by atoms with Gasteiger partial charge in [-0.15, -0.1) is 0 Å². The highest BCUT2D eigenvalue weighted by molar-refractivity contribution is 5.52. The van der Waals surface area contributed by atoms with E-state index in [4.69, 9.17) is 4.74 Å². The first kappa shape index (κ1) is 18.4. The average Bonchev–Trinajstić information content (AvgIpc) is 2.60. The first-order valence-electron chi connectivity index (χ1n) is 9.11. The Morgan fingerprint density at radius 3 is 2.17 bits per heavy atom. The Kier molecular flexibility index (Phi) is 6.72. The monoisotopic (exact) mass is 325 g/mol. The third-order valence-electron chi connectivity index (χ3n) is 4.55. The van der Waals surface area contributed by atoms with Crippen LogP contribution in [0.4, 0.5) is 5.69 Å². The van der Waals surface area contributed by atoms with Gasteiger partial charge in [-0.2, -0.15) is 0 Å². The normalized spacial score (nSPS) is 13.6. The smallest absolute Gasteiger partial charge is 0.123 e. The minimum absolute atomic E-state index is 0.107. The van der Waals surface area contributed by atoms with Gasteiger partial charge in [0.15, 0.2) is 0 Å². The van der Waals surface area contributed by atoms with Gasteiger partial charge in [-0.25, -0.2) is 0 Å². The quantitative estimate of drug-likeness (QED) is 0.623. The summed E-state index contributed by atoms with van der Waals surface area (Å²) >= 11 is 0. The largest absolute Gasteiger partial charge is 0.489 e. The average molecular weight is 325 g/mol. The summed E-state index contributed by atoms with van der Waals surface area (Å²) in [5.74, 6) is 2.04. The minimum atomic E-state index is 0.107. The predicted octanol–water partition coefficient (Wildman–Crippen LogP) is 6.20. The maximum atomic E-state index is 6.23. The lowest BCUT2D eigenvalue weighted by Gasteiger charge is -2.22. The van der Waals surface area contributed by atoms with Crippen molar-refractivity contribution in [1.82, 2.24) is 0 Å². The molecule has 2 atom stereocenters. The number of ether oxygens (including phenoxy) is 1. The van der Waals surface area contributed by atoms with Crippen LogP contribution in [0.3, 0.4) is 0 Å². The Morgan fingerprint density at radius 1 is 0.875 bits per heavy atom. The molecular weight excluding hydrogens is 294 g/mol. The molecule has 0 radical (unpaired) electrons. The Morgan fingerprint density at radius 2 is 1.50 bits per heavy atom. The molecule has 0 saturated heterocycles. The predicted molar refractivity (Wildman–Crippen MR) is 104 cm³/mol. The van der Waals surface area contributed by atoms with Crippen LogP contribution < -0.4 is 10.1 Å². The van der Waals surface area contributed by atoms with Crippen LogP contribution in [0.5, 0.6) is 5.75 Å². The van der Waals surface area contributed by atoms with Gasteiger partial charge in [-0.1, -0.05) is 64.1 Å². The summed E-state index contributed by atoms with van der Waals surface area (Å²) in [5, 5.41) is 3.55. The summed E-state index contributed by atoms with van der Waals surface area (Å²) in [4.78, 5) is 0. The van der Waals surface area contributed by atoms with Gasteiger partial charge in [-0.3, -0.25) is 0 Å². The van der Waals surface area contributed by atoms with E-state index in [1.54, 1.807) is 0 Å². The summed E-state index contributed by atoms with van der Waals surface area (Å²) in [7, 11) is 0. The summed E-state index contributed by atoms with van der Waals surface area (Å²) in [5.41, 5.74) is 3.86. The number of hydrogen-bond acceptors (Lipinski definition) is 2. The van der Waals surface area contributed by atoms with E-state index in [-0.39, 0.29) is 6.10 Å². The van der Waals surface area contributed by atoms with E-state index in [1.165, 1.54) is 16.8 Å². The molecule has 0 fully saturated rings. The highest BCUT2D eigenvalue weighted by atomic mass is 16.5. The minimum Gasteiger partial charge on any atom is -0.489 e. The number of benzene rings is 2. The molecule has 0 aliphatic heterocycles. The maximum Gasteiger partial charge on any atom is 0.123 e. The molecular formula is C22H31NO. The molecule has 2 aromatic carbocycles. The van der Waals surface area contributed by atoms with Crippen molar-refractivity contribution in [3.63, 3.8) is 0 Å². The molecule has 2 aromatic rings. The molecule has 0 aliphatic rings. The zero-order valence-corrected chi connectivity index (χ0v) is 15.7. The maximum absolute atomic E-state index is 6.23. The van der Waals surface area contributed by atoms with Crippen molar-refractivity contribution in [3.05, 3.63) is 59.7 Å². The standard InChI is InChI=1S/C22H31NO/c1-6-17(4)20-12-8-10-14-22(20)24-18(5)15-23-21-13-9-7-11-19(21)16(2)3/h7-14,16-18,23H,6,15H2,1-5H3/t17-,18+/m0/s1. The molecule has 0 aromatic heterocycles. The van der Waals surface area contributed by atoms with Crippen LogP contribution in [0.1, 0.15) is 64.0 Å². The van der Waals surface area contributed by atoms with Crippen LogP contribution in [-0.2, 0) is 0 Å². The van der Waals surface area contributed by atoms with Crippen molar-refractivity contribution < 1.29 is 4.74 Å². The highest BCUT2D eigenvalue weighted by Gasteiger charge is 2.13. The van der Waals surface area contributed by atoms with Crippen LogP contribution in [0.15, 0.2) is 48.5 Å². The number of para-hydroxylation sites is 2. The lowest BCUT2D eigenvalue weighted by atomic mass is 9.98. The van der Waals surface area contributed by atoms with E-state index >= 15 is 0 Å². The van der Waals surface area contributed by atoms with Gasteiger partial charge >= 0.3 is 0 Å². The molecule has 0 amide bonds. The lowest BCUT2D eigenvalue weighted by molar-refractivity contribution is 0.231. The van der Waals surface area contributed by atoms with Crippen molar-refractivity contribution in [2.24, 2.45) is 0 Å². The van der Waals surface area contributed by atoms with E-state index < -0.39 is 0 Å². The Labute approximate surface area is 147 Å². The molecule has 24 heavy (non-hydrogen) atoms. The Hall–Kier alpha value is -1.96. The SMILES string of the molecule is CC[C@H](C)c1ccccc1O[C@H](C)CNc1ccccc1C(C)C. The summed E-state index contributed by atoms with van der Waals surface area (Å²) in [6.07, 6.45) is 1.23. The lowest BCUT2D eigenvalue weighted by Crippen LogP contribution is -2.23. The van der Waals surface area contributed by atoms with Gasteiger partial charge in [-0.05, 0) is 48.4 Å². The highest BCUT2D eigenvalue weighted by Crippen LogP contribution is 2.29. The topological polar surface area (TPSA) is 21.3 Å². The fourth-order valence-electron chi connectivity index (χ4n) is 2.89. The van der Waals surface area contributed by atoms with E-state index in [2.05, 4.69) is 88.5 Å². The number of anilines is 1. The van der Waals surface area contributed by atoms with Crippen LogP contribution in [0.25, 0.3) is 0 Å². The van der Waals surface area contributed by atoms with Gasteiger partial charge < -0.3 is 10.1 Å². The van der Waals surface area contributed by atoms with E-state index in [9.17, 15) is 0 Å². The molecule has 130 valence electrons. The zero-order chi connectivity index (χ0) is 17.5. The van der Waals surface area contributed by atoms with Gasteiger partial charge in [0.25, 0.3) is 0 Å². The van der Waals surface area contributed by atoms with Crippen molar-refractivity contribution in [2.45, 2.75) is 59.0 Å². The Balaban J connectivity index is 2.01. The first-order chi connectivity index (χ1) is 11.5. The van der Waals surface area contributed by atoms with Crippen molar-refractivity contribution >= 4 is 5.69 Å². The van der Waals surface area contributed by atoms with Crippen LogP contribution in [0, 0.1) is 0 Å². The molecule has 2 heteroatoms. The van der Waals surface area contributed by atoms with Crippen LogP contribution in [0.2, 0.25) is 0 Å².